The van der Waals surface area contributed by atoms with E-state index >= 15 is 0 Å². The van der Waals surface area contributed by atoms with Gasteiger partial charge in [0.25, 0.3) is 15.9 Å². The van der Waals surface area contributed by atoms with E-state index < -0.39 is 10.0 Å². The van der Waals surface area contributed by atoms with Crippen LogP contribution in [0.3, 0.4) is 0 Å². The summed E-state index contributed by atoms with van der Waals surface area (Å²) in [4.78, 5) is 26.4. The van der Waals surface area contributed by atoms with Gasteiger partial charge >= 0.3 is 4.87 Å². The Morgan fingerprint density at radius 1 is 1.07 bits per heavy atom. The SMILES string of the molecule is CCn1c(=O)sc2cc(S(=O)(=O)Nc3ccc(C(=O)N4CCCCC4)cc3)ccc21. The molecule has 1 aliphatic heterocycles. The zero-order valence-corrected chi connectivity index (χ0v) is 18.3. The van der Waals surface area contributed by atoms with E-state index in [0.717, 1.165) is 49.2 Å². The number of fused-ring (bicyclic) bond motifs is 1. The van der Waals surface area contributed by atoms with Gasteiger partial charge < -0.3 is 4.90 Å². The van der Waals surface area contributed by atoms with E-state index in [4.69, 9.17) is 0 Å². The van der Waals surface area contributed by atoms with Crippen LogP contribution in [0.5, 0.6) is 0 Å². The van der Waals surface area contributed by atoms with Gasteiger partial charge in [0.05, 0.1) is 15.1 Å². The van der Waals surface area contributed by atoms with Gasteiger partial charge in [-0.15, -0.1) is 0 Å². The molecule has 0 aliphatic carbocycles. The van der Waals surface area contributed by atoms with Crippen LogP contribution in [0.15, 0.2) is 52.2 Å². The minimum absolute atomic E-state index is 0.0232. The predicted octanol–water partition coefficient (Wildman–Crippen LogP) is 3.51. The second-order valence-corrected chi connectivity index (χ2v) is 9.95. The summed E-state index contributed by atoms with van der Waals surface area (Å²) in [6, 6.07) is 11.2. The molecule has 0 bridgehead atoms. The number of carbonyl (C=O) groups is 1. The maximum Gasteiger partial charge on any atom is 0.308 e. The fourth-order valence-electron chi connectivity index (χ4n) is 3.69. The highest BCUT2D eigenvalue weighted by Crippen LogP contribution is 2.24. The molecular weight excluding hydrogens is 422 g/mol. The molecule has 4 rings (SSSR count). The number of hydrogen-bond donors (Lipinski definition) is 1. The first-order valence-corrected chi connectivity index (χ1v) is 12.2. The summed E-state index contributed by atoms with van der Waals surface area (Å²) in [7, 11) is -3.82. The Morgan fingerprint density at radius 3 is 2.43 bits per heavy atom. The number of nitrogens with one attached hydrogen (secondary N) is 1. The highest BCUT2D eigenvalue weighted by molar-refractivity contribution is 7.92. The molecule has 1 N–H and O–H groups in total. The molecule has 3 aromatic rings. The summed E-state index contributed by atoms with van der Waals surface area (Å²) in [6.45, 7) is 3.94. The first-order valence-electron chi connectivity index (χ1n) is 9.94. The molecular formula is C21H23N3O4S2. The fourth-order valence-corrected chi connectivity index (χ4v) is 5.84. The van der Waals surface area contributed by atoms with Gasteiger partial charge in [-0.2, -0.15) is 0 Å². The highest BCUT2D eigenvalue weighted by Gasteiger charge is 2.19. The molecule has 30 heavy (non-hydrogen) atoms. The van der Waals surface area contributed by atoms with Crippen LogP contribution in [0, 0.1) is 0 Å². The zero-order valence-electron chi connectivity index (χ0n) is 16.6. The third-order valence-electron chi connectivity index (χ3n) is 5.29. The van der Waals surface area contributed by atoms with Gasteiger partial charge in [0, 0.05) is 30.9 Å². The van der Waals surface area contributed by atoms with E-state index in [9.17, 15) is 18.0 Å². The lowest BCUT2D eigenvalue weighted by molar-refractivity contribution is 0.0724. The number of hydrogen-bond acceptors (Lipinski definition) is 5. The molecule has 9 heteroatoms. The number of carbonyl (C=O) groups excluding carboxylic acids is 1. The monoisotopic (exact) mass is 445 g/mol. The Hall–Kier alpha value is -2.65. The Kier molecular flexibility index (Phi) is 5.66. The Morgan fingerprint density at radius 2 is 1.77 bits per heavy atom. The number of amides is 1. The van der Waals surface area contributed by atoms with Gasteiger partial charge in [-0.25, -0.2) is 8.42 Å². The predicted molar refractivity (Wildman–Crippen MR) is 119 cm³/mol. The molecule has 1 amide bonds. The molecule has 0 unspecified atom stereocenters. The van der Waals surface area contributed by atoms with Crippen molar-refractivity contribution in [3.05, 3.63) is 57.7 Å². The maximum absolute atomic E-state index is 12.8. The molecule has 2 heterocycles. The third-order valence-corrected chi connectivity index (χ3v) is 7.61. The standard InChI is InChI=1S/C21H23N3O4S2/c1-2-24-18-11-10-17(14-19(18)29-21(24)26)30(27,28)22-16-8-6-15(7-9-16)20(25)23-12-4-3-5-13-23/h6-11,14,22H,2-5,12-13H2,1H3. The molecule has 1 fully saturated rings. The van der Waals surface area contributed by atoms with E-state index in [-0.39, 0.29) is 15.7 Å². The van der Waals surface area contributed by atoms with Crippen LogP contribution in [-0.4, -0.2) is 36.9 Å². The Balaban J connectivity index is 1.53. The number of aryl methyl sites for hydroxylation is 1. The molecule has 0 atom stereocenters. The van der Waals surface area contributed by atoms with Crippen LogP contribution in [0.2, 0.25) is 0 Å². The van der Waals surface area contributed by atoms with Crippen molar-refractivity contribution in [3.8, 4) is 0 Å². The summed E-state index contributed by atoms with van der Waals surface area (Å²) in [5.74, 6) is -0.0232. The summed E-state index contributed by atoms with van der Waals surface area (Å²) < 4.78 is 30.4. The summed E-state index contributed by atoms with van der Waals surface area (Å²) in [5, 5.41) is 0. The van der Waals surface area contributed by atoms with Crippen molar-refractivity contribution in [3.63, 3.8) is 0 Å². The number of piperidine rings is 1. The zero-order chi connectivity index (χ0) is 21.3. The quantitative estimate of drug-likeness (QED) is 0.651. The number of rotatable bonds is 5. The van der Waals surface area contributed by atoms with Crippen molar-refractivity contribution in [1.29, 1.82) is 0 Å². The van der Waals surface area contributed by atoms with Gasteiger partial charge in [-0.1, -0.05) is 11.3 Å². The first kappa shape index (κ1) is 20.6. The number of anilines is 1. The van der Waals surface area contributed by atoms with Gasteiger partial charge in [0.2, 0.25) is 0 Å². The van der Waals surface area contributed by atoms with Crippen molar-refractivity contribution in [2.45, 2.75) is 37.6 Å². The molecule has 1 aliphatic rings. The molecule has 0 radical (unpaired) electrons. The largest absolute Gasteiger partial charge is 0.339 e. The van der Waals surface area contributed by atoms with Crippen molar-refractivity contribution >= 4 is 43.2 Å². The summed E-state index contributed by atoms with van der Waals surface area (Å²) >= 11 is 1.03. The number of thiazole rings is 1. The van der Waals surface area contributed by atoms with Crippen LogP contribution in [0.25, 0.3) is 10.2 Å². The van der Waals surface area contributed by atoms with E-state index in [1.54, 1.807) is 34.9 Å². The van der Waals surface area contributed by atoms with Crippen molar-refractivity contribution in [2.75, 3.05) is 17.8 Å². The highest BCUT2D eigenvalue weighted by atomic mass is 32.2. The van der Waals surface area contributed by atoms with E-state index in [1.807, 2.05) is 11.8 Å². The van der Waals surface area contributed by atoms with Crippen LogP contribution in [-0.2, 0) is 16.6 Å². The molecule has 0 spiro atoms. The normalized spacial score (nSPS) is 14.8. The third kappa shape index (κ3) is 3.99. The van der Waals surface area contributed by atoms with Crippen LogP contribution in [0.4, 0.5) is 5.69 Å². The Bertz CT molecular complexity index is 1240. The maximum atomic E-state index is 12.8. The molecule has 7 nitrogen and oxygen atoms in total. The molecule has 1 saturated heterocycles. The van der Waals surface area contributed by atoms with E-state index in [2.05, 4.69) is 4.72 Å². The average Bonchev–Trinajstić information content (AvgIpc) is 3.08. The molecule has 158 valence electrons. The van der Waals surface area contributed by atoms with Gasteiger partial charge in [-0.05, 0) is 68.7 Å². The molecule has 1 aromatic heterocycles. The topological polar surface area (TPSA) is 88.5 Å². The Labute approximate surface area is 179 Å². The van der Waals surface area contributed by atoms with Gasteiger partial charge in [0.1, 0.15) is 0 Å². The van der Waals surface area contributed by atoms with Crippen molar-refractivity contribution < 1.29 is 13.2 Å². The minimum atomic E-state index is -3.82. The number of likely N-dealkylation sites (tertiary alicyclic amines) is 1. The van der Waals surface area contributed by atoms with Gasteiger partial charge in [0.15, 0.2) is 0 Å². The van der Waals surface area contributed by atoms with Crippen molar-refractivity contribution in [1.82, 2.24) is 9.47 Å². The lowest BCUT2D eigenvalue weighted by Gasteiger charge is -2.26. The number of nitrogens with zero attached hydrogens (tertiary/aromatic N) is 2. The second-order valence-electron chi connectivity index (χ2n) is 7.28. The summed E-state index contributed by atoms with van der Waals surface area (Å²) in [5.41, 5.74) is 1.66. The van der Waals surface area contributed by atoms with Crippen LogP contribution >= 0.6 is 11.3 Å². The van der Waals surface area contributed by atoms with Crippen LogP contribution < -0.4 is 9.60 Å². The van der Waals surface area contributed by atoms with Gasteiger partial charge in [-0.3, -0.25) is 18.9 Å². The average molecular weight is 446 g/mol. The molecule has 2 aromatic carbocycles. The smallest absolute Gasteiger partial charge is 0.308 e. The number of sulfonamides is 1. The lowest BCUT2D eigenvalue weighted by Crippen LogP contribution is -2.35. The van der Waals surface area contributed by atoms with Crippen molar-refractivity contribution in [2.24, 2.45) is 0 Å². The minimum Gasteiger partial charge on any atom is -0.339 e. The number of aromatic nitrogens is 1. The first-order chi connectivity index (χ1) is 14.4. The molecule has 0 saturated carbocycles. The summed E-state index contributed by atoms with van der Waals surface area (Å²) in [6.07, 6.45) is 3.19. The van der Waals surface area contributed by atoms with E-state index in [1.165, 1.54) is 12.1 Å². The van der Waals surface area contributed by atoms with Crippen LogP contribution in [0.1, 0.15) is 36.5 Å². The fraction of sp³-hybridized carbons (Fsp3) is 0.333. The second kappa shape index (κ2) is 8.23. The number of benzene rings is 2. The lowest BCUT2D eigenvalue weighted by atomic mass is 10.1. The van der Waals surface area contributed by atoms with E-state index in [0.29, 0.717) is 22.5 Å².